The van der Waals surface area contributed by atoms with Crippen LogP contribution >= 0.6 is 0 Å². The van der Waals surface area contributed by atoms with E-state index < -0.39 is 17.9 Å². The zero-order valence-electron chi connectivity index (χ0n) is 16.4. The number of rotatable bonds is 6. The molecule has 0 spiro atoms. The van der Waals surface area contributed by atoms with Crippen LogP contribution in [-0.2, 0) is 9.59 Å². The molecule has 1 amide bonds. The number of nitrogens with zero attached hydrogens (tertiary/aromatic N) is 1. The topological polar surface area (TPSA) is 66.8 Å². The zero-order chi connectivity index (χ0) is 20.9. The predicted molar refractivity (Wildman–Crippen MR) is 113 cm³/mol. The molecule has 0 bridgehead atoms. The van der Waals surface area contributed by atoms with Gasteiger partial charge in [-0.1, -0.05) is 78.9 Å². The first kappa shape index (κ1) is 19.7. The Morgan fingerprint density at radius 1 is 0.833 bits per heavy atom. The highest BCUT2D eigenvalue weighted by atomic mass is 16.5. The number of likely N-dealkylation sites (tertiary alicyclic amines) is 1. The van der Waals surface area contributed by atoms with E-state index in [0.717, 1.165) is 11.1 Å². The number of carboxylic acid groups (broad SMARTS) is 1. The van der Waals surface area contributed by atoms with Gasteiger partial charge in [0, 0.05) is 6.42 Å². The number of para-hydroxylation sites is 1. The number of carbonyl (C=O) groups is 2. The Bertz CT molecular complexity index is 952. The van der Waals surface area contributed by atoms with E-state index in [2.05, 4.69) is 0 Å². The maximum absolute atomic E-state index is 13.7. The lowest BCUT2D eigenvalue weighted by atomic mass is 9.90. The maximum Gasteiger partial charge on any atom is 0.326 e. The minimum absolute atomic E-state index is 0.223. The summed E-state index contributed by atoms with van der Waals surface area (Å²) in [6, 6.07) is 27.3. The van der Waals surface area contributed by atoms with Gasteiger partial charge in [0.2, 0.25) is 5.91 Å². The first-order valence-electron chi connectivity index (χ1n) is 9.98. The van der Waals surface area contributed by atoms with Crippen LogP contribution in [0.1, 0.15) is 23.5 Å². The van der Waals surface area contributed by atoms with Gasteiger partial charge in [-0.2, -0.15) is 0 Å². The quantitative estimate of drug-likeness (QED) is 0.679. The number of carboxylic acids is 1. The molecule has 5 nitrogen and oxygen atoms in total. The number of benzene rings is 3. The van der Waals surface area contributed by atoms with Crippen LogP contribution in [-0.4, -0.2) is 40.6 Å². The Labute approximate surface area is 175 Å². The normalized spacial score (nSPS) is 18.4. The molecule has 1 aliphatic heterocycles. The summed E-state index contributed by atoms with van der Waals surface area (Å²) in [5.74, 6) is -1.13. The maximum atomic E-state index is 13.7. The average Bonchev–Trinajstić information content (AvgIpc) is 3.20. The number of aliphatic carboxylic acids is 1. The summed E-state index contributed by atoms with van der Waals surface area (Å²) >= 11 is 0. The van der Waals surface area contributed by atoms with E-state index in [4.69, 9.17) is 4.74 Å². The number of amides is 1. The van der Waals surface area contributed by atoms with Crippen molar-refractivity contribution < 1.29 is 19.4 Å². The summed E-state index contributed by atoms with van der Waals surface area (Å²) in [6.07, 6.45) is -0.114. The summed E-state index contributed by atoms with van der Waals surface area (Å²) in [7, 11) is 0. The predicted octanol–water partition coefficient (Wildman–Crippen LogP) is 3.95. The van der Waals surface area contributed by atoms with Crippen LogP contribution in [0.15, 0.2) is 91.0 Å². The van der Waals surface area contributed by atoms with Gasteiger partial charge in [-0.3, -0.25) is 4.79 Å². The van der Waals surface area contributed by atoms with E-state index in [9.17, 15) is 14.7 Å². The lowest BCUT2D eigenvalue weighted by molar-refractivity contribution is -0.148. The Hall–Kier alpha value is -3.60. The molecule has 3 aromatic carbocycles. The lowest BCUT2D eigenvalue weighted by Crippen LogP contribution is -2.43. The van der Waals surface area contributed by atoms with Crippen LogP contribution in [0.2, 0.25) is 0 Å². The van der Waals surface area contributed by atoms with Gasteiger partial charge in [-0.25, -0.2) is 4.79 Å². The van der Waals surface area contributed by atoms with E-state index in [1.165, 1.54) is 4.90 Å². The van der Waals surface area contributed by atoms with Crippen LogP contribution < -0.4 is 4.74 Å². The highest BCUT2D eigenvalue weighted by Crippen LogP contribution is 2.31. The van der Waals surface area contributed by atoms with E-state index >= 15 is 0 Å². The van der Waals surface area contributed by atoms with E-state index in [1.54, 1.807) is 0 Å². The van der Waals surface area contributed by atoms with Gasteiger partial charge >= 0.3 is 5.97 Å². The second-order valence-electron chi connectivity index (χ2n) is 7.39. The third-order valence-electron chi connectivity index (χ3n) is 5.39. The molecule has 0 aliphatic carbocycles. The molecule has 1 aliphatic rings. The van der Waals surface area contributed by atoms with E-state index in [1.807, 2.05) is 91.0 Å². The van der Waals surface area contributed by atoms with E-state index in [0.29, 0.717) is 5.75 Å². The summed E-state index contributed by atoms with van der Waals surface area (Å²) in [5, 5.41) is 9.79. The smallest absolute Gasteiger partial charge is 0.326 e. The van der Waals surface area contributed by atoms with Crippen LogP contribution in [0.3, 0.4) is 0 Å². The van der Waals surface area contributed by atoms with Crippen LogP contribution in [0.5, 0.6) is 5.75 Å². The molecule has 0 saturated carbocycles. The van der Waals surface area contributed by atoms with E-state index in [-0.39, 0.29) is 25.0 Å². The Kier molecular flexibility index (Phi) is 5.80. The third kappa shape index (κ3) is 4.20. The molecule has 1 heterocycles. The molecule has 4 rings (SSSR count). The standard InChI is InChI=1S/C25H23NO4/c27-24(23(18-10-4-1-5-11-18)19-12-6-2-7-13-19)26-17-21(16-22(26)25(28)29)30-20-14-8-3-9-15-20/h1-15,21-23H,16-17H2,(H,28,29)/t21-,22-/m0/s1. The molecule has 152 valence electrons. The fourth-order valence-electron chi connectivity index (χ4n) is 3.99. The monoisotopic (exact) mass is 401 g/mol. The second kappa shape index (κ2) is 8.82. The third-order valence-corrected chi connectivity index (χ3v) is 5.39. The van der Waals surface area contributed by atoms with Crippen molar-refractivity contribution in [3.05, 3.63) is 102 Å². The van der Waals surface area contributed by atoms with Crippen molar-refractivity contribution in [2.24, 2.45) is 0 Å². The molecular formula is C25H23NO4. The fraction of sp³-hybridized carbons (Fsp3) is 0.200. The Morgan fingerprint density at radius 3 is 1.83 bits per heavy atom. The minimum atomic E-state index is -1.01. The molecule has 30 heavy (non-hydrogen) atoms. The highest BCUT2D eigenvalue weighted by Gasteiger charge is 2.43. The van der Waals surface area contributed by atoms with Gasteiger partial charge in [-0.05, 0) is 23.3 Å². The Balaban J connectivity index is 1.63. The number of ether oxygens (including phenoxy) is 1. The molecule has 2 atom stereocenters. The van der Waals surface area contributed by atoms with Gasteiger partial charge in [-0.15, -0.1) is 0 Å². The van der Waals surface area contributed by atoms with Gasteiger partial charge in [0.1, 0.15) is 17.9 Å². The Morgan fingerprint density at radius 2 is 1.33 bits per heavy atom. The number of hydrogen-bond donors (Lipinski definition) is 1. The molecule has 1 fully saturated rings. The largest absolute Gasteiger partial charge is 0.488 e. The fourth-order valence-corrected chi connectivity index (χ4v) is 3.99. The van der Waals surface area contributed by atoms with Gasteiger partial charge < -0.3 is 14.7 Å². The first-order chi connectivity index (χ1) is 14.6. The number of carbonyl (C=O) groups excluding carboxylic acids is 1. The highest BCUT2D eigenvalue weighted by molar-refractivity contribution is 5.91. The van der Waals surface area contributed by atoms with Crippen LogP contribution in [0.25, 0.3) is 0 Å². The van der Waals surface area contributed by atoms with Crippen molar-refractivity contribution in [1.82, 2.24) is 4.90 Å². The van der Waals surface area contributed by atoms with Crippen molar-refractivity contribution in [2.75, 3.05) is 6.54 Å². The van der Waals surface area contributed by atoms with Crippen molar-refractivity contribution in [2.45, 2.75) is 24.5 Å². The summed E-state index contributed by atoms with van der Waals surface area (Å²) < 4.78 is 5.97. The lowest BCUT2D eigenvalue weighted by Gasteiger charge is -2.27. The summed E-state index contributed by atoms with van der Waals surface area (Å²) in [4.78, 5) is 27.1. The average molecular weight is 401 g/mol. The summed E-state index contributed by atoms with van der Waals surface area (Å²) in [6.45, 7) is 0.237. The van der Waals surface area contributed by atoms with Gasteiger partial charge in [0.25, 0.3) is 0 Å². The van der Waals surface area contributed by atoms with Crippen LogP contribution in [0, 0.1) is 0 Å². The van der Waals surface area contributed by atoms with Crippen molar-refractivity contribution in [3.8, 4) is 5.75 Å². The van der Waals surface area contributed by atoms with Gasteiger partial charge in [0.05, 0.1) is 12.5 Å². The summed E-state index contributed by atoms with van der Waals surface area (Å²) in [5.41, 5.74) is 1.68. The van der Waals surface area contributed by atoms with Crippen molar-refractivity contribution in [3.63, 3.8) is 0 Å². The van der Waals surface area contributed by atoms with Crippen molar-refractivity contribution >= 4 is 11.9 Å². The number of hydrogen-bond acceptors (Lipinski definition) is 3. The second-order valence-corrected chi connectivity index (χ2v) is 7.39. The molecule has 3 aromatic rings. The first-order valence-corrected chi connectivity index (χ1v) is 9.98. The molecule has 0 unspecified atom stereocenters. The molecular weight excluding hydrogens is 378 g/mol. The molecule has 0 radical (unpaired) electrons. The minimum Gasteiger partial charge on any atom is -0.488 e. The molecule has 1 saturated heterocycles. The van der Waals surface area contributed by atoms with Crippen molar-refractivity contribution in [1.29, 1.82) is 0 Å². The SMILES string of the molecule is O=C(O)[C@@H]1C[C@H](Oc2ccccc2)CN1C(=O)C(c1ccccc1)c1ccccc1. The molecule has 0 aromatic heterocycles. The zero-order valence-corrected chi connectivity index (χ0v) is 16.4. The van der Waals surface area contributed by atoms with Gasteiger partial charge in [0.15, 0.2) is 0 Å². The molecule has 1 N–H and O–H groups in total. The molecule has 5 heteroatoms. The van der Waals surface area contributed by atoms with Crippen LogP contribution in [0.4, 0.5) is 0 Å².